The molecule has 1 aromatic rings. The Kier molecular flexibility index (Phi) is 5.81. The predicted molar refractivity (Wildman–Crippen MR) is 67.6 cm³/mol. The molecule has 1 N–H and O–H groups in total. The van der Waals surface area contributed by atoms with Crippen LogP contribution in [0.1, 0.15) is 18.6 Å². The molecule has 0 spiro atoms. The third kappa shape index (κ3) is 5.61. The second kappa shape index (κ2) is 6.91. The van der Waals surface area contributed by atoms with Crippen molar-refractivity contribution in [2.24, 2.45) is 0 Å². The molecule has 1 aromatic carbocycles. The summed E-state index contributed by atoms with van der Waals surface area (Å²) in [7, 11) is 1.43. The lowest BCUT2D eigenvalue weighted by Crippen LogP contribution is -2.08. The van der Waals surface area contributed by atoms with E-state index in [1.807, 2.05) is 0 Å². The number of ether oxygens (including phenoxy) is 2. The van der Waals surface area contributed by atoms with Gasteiger partial charge >= 0.3 is 5.51 Å². The van der Waals surface area contributed by atoms with Crippen molar-refractivity contribution in [2.75, 3.05) is 19.5 Å². The van der Waals surface area contributed by atoms with Crippen LogP contribution in [0.4, 0.5) is 13.2 Å². The molecule has 19 heavy (non-hydrogen) atoms. The second-order valence-electron chi connectivity index (χ2n) is 3.73. The maximum atomic E-state index is 11.9. The minimum absolute atomic E-state index is 0.0748. The summed E-state index contributed by atoms with van der Waals surface area (Å²) in [5.41, 5.74) is -3.60. The van der Waals surface area contributed by atoms with Crippen molar-refractivity contribution < 1.29 is 27.8 Å². The minimum Gasteiger partial charge on any atom is -0.493 e. The number of thioether (sulfide) groups is 1. The highest BCUT2D eigenvalue weighted by Crippen LogP contribution is 2.32. The fraction of sp³-hybridized carbons (Fsp3) is 0.500. The van der Waals surface area contributed by atoms with E-state index in [-0.39, 0.29) is 24.1 Å². The molecule has 0 heterocycles. The van der Waals surface area contributed by atoms with Gasteiger partial charge in [0.15, 0.2) is 11.5 Å². The van der Waals surface area contributed by atoms with E-state index in [1.54, 1.807) is 25.1 Å². The smallest absolute Gasteiger partial charge is 0.441 e. The summed E-state index contributed by atoms with van der Waals surface area (Å²) < 4.78 is 46.1. The number of methoxy groups -OCH3 is 1. The van der Waals surface area contributed by atoms with Gasteiger partial charge < -0.3 is 14.6 Å². The molecule has 108 valence electrons. The van der Waals surface area contributed by atoms with Crippen molar-refractivity contribution in [3.8, 4) is 11.5 Å². The number of halogens is 3. The van der Waals surface area contributed by atoms with E-state index in [2.05, 4.69) is 0 Å². The molecule has 3 nitrogen and oxygen atoms in total. The first-order valence-electron chi connectivity index (χ1n) is 5.53. The molecule has 7 heteroatoms. The Morgan fingerprint density at radius 2 is 2.00 bits per heavy atom. The number of aliphatic hydroxyl groups is 1. The molecule has 0 aliphatic rings. The van der Waals surface area contributed by atoms with Gasteiger partial charge in [0.1, 0.15) is 0 Å². The van der Waals surface area contributed by atoms with Gasteiger partial charge in [-0.15, -0.1) is 0 Å². The van der Waals surface area contributed by atoms with Gasteiger partial charge in [-0.1, -0.05) is 6.07 Å². The Morgan fingerprint density at radius 1 is 1.32 bits per heavy atom. The molecule has 0 bridgehead atoms. The van der Waals surface area contributed by atoms with Crippen LogP contribution >= 0.6 is 11.8 Å². The number of aliphatic hydroxyl groups excluding tert-OH is 1. The van der Waals surface area contributed by atoms with Gasteiger partial charge in [0, 0.05) is 5.75 Å². The Balaban J connectivity index is 2.58. The summed E-state index contributed by atoms with van der Waals surface area (Å²) in [6.07, 6.45) is -0.649. The van der Waals surface area contributed by atoms with Gasteiger partial charge in [0.25, 0.3) is 0 Å². The van der Waals surface area contributed by atoms with Crippen molar-refractivity contribution in [3.05, 3.63) is 23.8 Å². The van der Waals surface area contributed by atoms with E-state index < -0.39 is 11.6 Å². The maximum absolute atomic E-state index is 11.9. The lowest BCUT2D eigenvalue weighted by Gasteiger charge is -2.13. The number of hydrogen-bond acceptors (Lipinski definition) is 4. The van der Waals surface area contributed by atoms with Gasteiger partial charge in [-0.3, -0.25) is 0 Å². The average molecular weight is 296 g/mol. The van der Waals surface area contributed by atoms with Crippen LogP contribution in [0.5, 0.6) is 11.5 Å². The van der Waals surface area contributed by atoms with E-state index in [1.165, 1.54) is 7.11 Å². The molecule has 0 unspecified atom stereocenters. The SMILES string of the molecule is COc1cc([C@H](C)O)ccc1OCCSC(F)(F)F. The largest absolute Gasteiger partial charge is 0.493 e. The van der Waals surface area contributed by atoms with Crippen LogP contribution in [0.15, 0.2) is 18.2 Å². The Morgan fingerprint density at radius 3 is 2.53 bits per heavy atom. The van der Waals surface area contributed by atoms with Crippen molar-refractivity contribution in [2.45, 2.75) is 18.5 Å². The van der Waals surface area contributed by atoms with Crippen molar-refractivity contribution >= 4 is 11.8 Å². The zero-order valence-corrected chi connectivity index (χ0v) is 11.3. The van der Waals surface area contributed by atoms with Crippen molar-refractivity contribution in [3.63, 3.8) is 0 Å². The van der Waals surface area contributed by atoms with Crippen LogP contribution in [-0.2, 0) is 0 Å². The Hall–Kier alpha value is -1.08. The van der Waals surface area contributed by atoms with Gasteiger partial charge in [0.05, 0.1) is 19.8 Å². The van der Waals surface area contributed by atoms with E-state index >= 15 is 0 Å². The van der Waals surface area contributed by atoms with E-state index in [4.69, 9.17) is 9.47 Å². The molecule has 1 rings (SSSR count). The van der Waals surface area contributed by atoms with E-state index in [0.717, 1.165) is 0 Å². The molecule has 0 aliphatic carbocycles. The summed E-state index contributed by atoms with van der Waals surface area (Å²) in [4.78, 5) is 0. The molecule has 1 atom stereocenters. The lowest BCUT2D eigenvalue weighted by atomic mass is 10.1. The number of alkyl halides is 3. The second-order valence-corrected chi connectivity index (χ2v) is 4.89. The number of benzene rings is 1. The van der Waals surface area contributed by atoms with Crippen LogP contribution in [0.3, 0.4) is 0 Å². The monoisotopic (exact) mass is 296 g/mol. The number of hydrogen-bond donors (Lipinski definition) is 1. The zero-order chi connectivity index (χ0) is 14.5. The summed E-state index contributed by atoms with van der Waals surface area (Å²) in [6.45, 7) is 1.53. The fourth-order valence-corrected chi connectivity index (χ4v) is 1.77. The standard InChI is InChI=1S/C12H15F3O3S/c1-8(16)9-3-4-10(11(7-9)17-2)18-5-6-19-12(13,14)15/h3-4,7-8,16H,5-6H2,1-2H3/t8-/m0/s1. The molecule has 0 amide bonds. The lowest BCUT2D eigenvalue weighted by molar-refractivity contribution is -0.0329. The summed E-state index contributed by atoms with van der Waals surface area (Å²) >= 11 is -0.131. The van der Waals surface area contributed by atoms with Gasteiger partial charge in [-0.2, -0.15) is 13.2 Å². The first-order valence-corrected chi connectivity index (χ1v) is 6.51. The molecular formula is C12H15F3O3S. The van der Waals surface area contributed by atoms with Crippen LogP contribution < -0.4 is 9.47 Å². The van der Waals surface area contributed by atoms with Crippen LogP contribution in [-0.4, -0.2) is 30.1 Å². The molecule has 0 aromatic heterocycles. The Bertz CT molecular complexity index is 408. The van der Waals surface area contributed by atoms with Crippen molar-refractivity contribution in [1.82, 2.24) is 0 Å². The third-order valence-corrected chi connectivity index (χ3v) is 2.97. The predicted octanol–water partition coefficient (Wildman–Crippen LogP) is 3.38. The Labute approximate surface area is 113 Å². The highest BCUT2D eigenvalue weighted by atomic mass is 32.2. The first-order chi connectivity index (χ1) is 8.83. The highest BCUT2D eigenvalue weighted by molar-refractivity contribution is 8.00. The zero-order valence-electron chi connectivity index (χ0n) is 10.5. The summed E-state index contributed by atoms with van der Waals surface area (Å²) in [5.74, 6) is 0.551. The third-order valence-electron chi connectivity index (χ3n) is 2.28. The van der Waals surface area contributed by atoms with Gasteiger partial charge in [-0.25, -0.2) is 0 Å². The van der Waals surface area contributed by atoms with Crippen LogP contribution in [0, 0.1) is 0 Å². The topological polar surface area (TPSA) is 38.7 Å². The molecule has 0 radical (unpaired) electrons. The number of rotatable bonds is 6. The highest BCUT2D eigenvalue weighted by Gasteiger charge is 2.27. The van der Waals surface area contributed by atoms with Gasteiger partial charge in [-0.05, 0) is 36.4 Å². The maximum Gasteiger partial charge on any atom is 0.441 e. The normalized spacial score (nSPS) is 13.2. The average Bonchev–Trinajstić information content (AvgIpc) is 2.33. The van der Waals surface area contributed by atoms with Gasteiger partial charge in [0.2, 0.25) is 0 Å². The molecule has 0 saturated carbocycles. The van der Waals surface area contributed by atoms with E-state index in [9.17, 15) is 18.3 Å². The quantitative estimate of drug-likeness (QED) is 0.817. The van der Waals surface area contributed by atoms with Crippen LogP contribution in [0.2, 0.25) is 0 Å². The first kappa shape index (κ1) is 16.0. The summed E-state index contributed by atoms with van der Waals surface area (Å²) in [6, 6.07) is 4.80. The van der Waals surface area contributed by atoms with Crippen molar-refractivity contribution in [1.29, 1.82) is 0 Å². The minimum atomic E-state index is -4.25. The molecule has 0 aliphatic heterocycles. The van der Waals surface area contributed by atoms with E-state index in [0.29, 0.717) is 17.1 Å². The summed E-state index contributed by atoms with van der Waals surface area (Å²) in [5, 5.41) is 9.41. The molecule has 0 saturated heterocycles. The van der Waals surface area contributed by atoms with Crippen LogP contribution in [0.25, 0.3) is 0 Å². The molecular weight excluding hydrogens is 281 g/mol. The fourth-order valence-electron chi connectivity index (χ4n) is 1.37. The molecule has 0 fully saturated rings.